The third-order valence-corrected chi connectivity index (χ3v) is 5.83. The molecule has 144 valence electrons. The quantitative estimate of drug-likeness (QED) is 0.869. The summed E-state index contributed by atoms with van der Waals surface area (Å²) in [6.07, 6.45) is 3.45. The molecule has 1 N–H and O–H groups in total. The minimum Gasteiger partial charge on any atom is -0.483 e. The number of para-hydroxylation sites is 1. The molecule has 2 fully saturated rings. The van der Waals surface area contributed by atoms with Gasteiger partial charge in [0, 0.05) is 25.2 Å². The zero-order chi connectivity index (χ0) is 17.8. The Kier molecular flexibility index (Phi) is 6.40. The van der Waals surface area contributed by atoms with Crippen molar-refractivity contribution >= 4 is 18.3 Å². The summed E-state index contributed by atoms with van der Waals surface area (Å²) in [4.78, 5) is 14.6. The van der Waals surface area contributed by atoms with Crippen LogP contribution in [0.15, 0.2) is 54.6 Å². The first-order valence-electron chi connectivity index (χ1n) is 9.52. The van der Waals surface area contributed by atoms with Crippen molar-refractivity contribution < 1.29 is 9.53 Å². The monoisotopic (exact) mass is 386 g/mol. The maximum Gasteiger partial charge on any atom is 0.260 e. The van der Waals surface area contributed by atoms with Gasteiger partial charge >= 0.3 is 0 Å². The number of hydrogen-bond acceptors (Lipinski definition) is 3. The number of nitrogens with zero attached hydrogens (tertiary/aromatic N) is 1. The van der Waals surface area contributed by atoms with Gasteiger partial charge in [-0.25, -0.2) is 0 Å². The van der Waals surface area contributed by atoms with Crippen LogP contribution in [-0.2, 0) is 4.79 Å². The molecule has 2 aromatic rings. The second-order valence-electron chi connectivity index (χ2n) is 7.46. The fourth-order valence-electron chi connectivity index (χ4n) is 4.13. The van der Waals surface area contributed by atoms with Crippen LogP contribution in [0.5, 0.6) is 5.75 Å². The van der Waals surface area contributed by atoms with Gasteiger partial charge in [0.05, 0.1) is 0 Å². The number of hydrogen-bond donors (Lipinski definition) is 1. The molecule has 5 heteroatoms. The van der Waals surface area contributed by atoms with Crippen molar-refractivity contribution in [2.75, 3.05) is 32.8 Å². The summed E-state index contributed by atoms with van der Waals surface area (Å²) in [5.41, 5.74) is 2.55. The smallest absolute Gasteiger partial charge is 0.260 e. The molecular weight excluding hydrogens is 360 g/mol. The van der Waals surface area contributed by atoms with E-state index in [2.05, 4.69) is 17.4 Å². The number of carbonyl (C=O) groups excluding carboxylic acids is 1. The number of rotatable bonds is 4. The first-order chi connectivity index (χ1) is 12.8. The molecule has 27 heavy (non-hydrogen) atoms. The van der Waals surface area contributed by atoms with Gasteiger partial charge in [-0.05, 0) is 42.9 Å². The lowest BCUT2D eigenvalue weighted by atomic mass is 9.78. The average Bonchev–Trinajstić information content (AvgIpc) is 3.15. The van der Waals surface area contributed by atoms with Crippen molar-refractivity contribution in [1.29, 1.82) is 0 Å². The van der Waals surface area contributed by atoms with E-state index < -0.39 is 0 Å². The van der Waals surface area contributed by atoms with Crippen molar-refractivity contribution in [3.05, 3.63) is 54.6 Å². The zero-order valence-electron chi connectivity index (χ0n) is 15.5. The highest BCUT2D eigenvalue weighted by Crippen LogP contribution is 2.37. The summed E-state index contributed by atoms with van der Waals surface area (Å²) < 4.78 is 5.92. The number of carbonyl (C=O) groups is 1. The fourth-order valence-corrected chi connectivity index (χ4v) is 4.13. The molecule has 0 unspecified atom stereocenters. The van der Waals surface area contributed by atoms with E-state index in [4.69, 9.17) is 4.74 Å². The van der Waals surface area contributed by atoms with Crippen LogP contribution in [-0.4, -0.2) is 43.6 Å². The highest BCUT2D eigenvalue weighted by atomic mass is 35.5. The third-order valence-electron chi connectivity index (χ3n) is 5.83. The molecule has 2 aromatic carbocycles. The van der Waals surface area contributed by atoms with Crippen molar-refractivity contribution in [2.24, 2.45) is 5.41 Å². The van der Waals surface area contributed by atoms with Crippen molar-refractivity contribution in [3.63, 3.8) is 0 Å². The van der Waals surface area contributed by atoms with E-state index in [1.54, 1.807) is 0 Å². The summed E-state index contributed by atoms with van der Waals surface area (Å²) in [7, 11) is 0. The highest BCUT2D eigenvalue weighted by molar-refractivity contribution is 5.85. The minimum atomic E-state index is 0. The van der Waals surface area contributed by atoms with Gasteiger partial charge in [0.1, 0.15) is 5.75 Å². The normalized spacial score (nSPS) is 18.1. The lowest BCUT2D eigenvalue weighted by Crippen LogP contribution is -2.45. The van der Waals surface area contributed by atoms with Crippen LogP contribution in [0.1, 0.15) is 19.3 Å². The standard InChI is InChI=1S/C22H26N2O2.ClH/c25-21(24-14-11-22(12-15-24)10-13-23-17-22)16-26-20-9-5-4-8-19(20)18-6-2-1-3-7-18;/h1-9,23H,10-17H2;1H. The molecule has 0 aliphatic carbocycles. The van der Waals surface area contributed by atoms with Gasteiger partial charge in [-0.3, -0.25) is 4.79 Å². The molecule has 2 aliphatic rings. The van der Waals surface area contributed by atoms with Gasteiger partial charge in [-0.15, -0.1) is 12.4 Å². The number of piperidine rings is 1. The molecule has 0 radical (unpaired) electrons. The van der Waals surface area contributed by atoms with E-state index in [1.807, 2.05) is 47.4 Å². The summed E-state index contributed by atoms with van der Waals surface area (Å²) in [5, 5.41) is 3.47. The second-order valence-corrected chi connectivity index (χ2v) is 7.46. The largest absolute Gasteiger partial charge is 0.483 e. The molecule has 0 bridgehead atoms. The molecule has 1 spiro atoms. The van der Waals surface area contributed by atoms with Crippen molar-refractivity contribution in [3.8, 4) is 16.9 Å². The van der Waals surface area contributed by atoms with Gasteiger partial charge < -0.3 is 15.0 Å². The average molecular weight is 387 g/mol. The minimum absolute atomic E-state index is 0. The van der Waals surface area contributed by atoms with E-state index in [1.165, 1.54) is 6.42 Å². The van der Waals surface area contributed by atoms with Crippen molar-refractivity contribution in [1.82, 2.24) is 10.2 Å². The Hall–Kier alpha value is -2.04. The first kappa shape index (κ1) is 19.7. The molecule has 0 atom stereocenters. The topological polar surface area (TPSA) is 41.6 Å². The number of nitrogens with one attached hydrogen (secondary N) is 1. The molecule has 4 nitrogen and oxygen atoms in total. The number of benzene rings is 2. The van der Waals surface area contributed by atoms with E-state index in [0.717, 1.165) is 55.9 Å². The SMILES string of the molecule is Cl.O=C(COc1ccccc1-c1ccccc1)N1CCC2(CCNC2)CC1. The Morgan fingerprint density at radius 2 is 1.70 bits per heavy atom. The van der Waals surface area contributed by atoms with Gasteiger partial charge in [-0.2, -0.15) is 0 Å². The van der Waals surface area contributed by atoms with E-state index in [9.17, 15) is 4.79 Å². The third kappa shape index (κ3) is 4.45. The maximum absolute atomic E-state index is 12.6. The summed E-state index contributed by atoms with van der Waals surface area (Å²) >= 11 is 0. The van der Waals surface area contributed by atoms with Crippen LogP contribution in [0.2, 0.25) is 0 Å². The van der Waals surface area contributed by atoms with Gasteiger partial charge in [0.25, 0.3) is 5.91 Å². The highest BCUT2D eigenvalue weighted by Gasteiger charge is 2.38. The van der Waals surface area contributed by atoms with Crippen LogP contribution < -0.4 is 10.1 Å². The number of ether oxygens (including phenoxy) is 1. The molecule has 1 amide bonds. The van der Waals surface area contributed by atoms with Crippen LogP contribution in [0.25, 0.3) is 11.1 Å². The van der Waals surface area contributed by atoms with E-state index >= 15 is 0 Å². The number of likely N-dealkylation sites (tertiary alicyclic amines) is 1. The molecule has 4 rings (SSSR count). The molecule has 0 saturated carbocycles. The summed E-state index contributed by atoms with van der Waals surface area (Å²) in [5.74, 6) is 0.856. The molecule has 2 heterocycles. The second kappa shape index (κ2) is 8.77. The van der Waals surface area contributed by atoms with Crippen molar-refractivity contribution in [2.45, 2.75) is 19.3 Å². The Balaban J connectivity index is 0.00000210. The lowest BCUT2D eigenvalue weighted by Gasteiger charge is -2.38. The Labute approximate surface area is 167 Å². The Morgan fingerprint density at radius 3 is 2.41 bits per heavy atom. The van der Waals surface area contributed by atoms with Crippen LogP contribution in [0, 0.1) is 5.41 Å². The predicted molar refractivity (Wildman–Crippen MR) is 110 cm³/mol. The maximum atomic E-state index is 12.6. The molecule has 2 saturated heterocycles. The molecule has 0 aromatic heterocycles. The first-order valence-corrected chi connectivity index (χ1v) is 9.52. The fraction of sp³-hybridized carbons (Fsp3) is 0.409. The Bertz CT molecular complexity index is 750. The van der Waals surface area contributed by atoms with Gasteiger partial charge in [0.15, 0.2) is 6.61 Å². The number of halogens is 1. The summed E-state index contributed by atoms with van der Waals surface area (Å²) in [6.45, 7) is 4.03. The Morgan fingerprint density at radius 1 is 1.00 bits per heavy atom. The number of amides is 1. The molecule has 2 aliphatic heterocycles. The van der Waals surface area contributed by atoms with Crippen LogP contribution in [0.3, 0.4) is 0 Å². The van der Waals surface area contributed by atoms with Gasteiger partial charge in [0.2, 0.25) is 0 Å². The zero-order valence-corrected chi connectivity index (χ0v) is 16.3. The van der Waals surface area contributed by atoms with Crippen LogP contribution >= 0.6 is 12.4 Å². The lowest BCUT2D eigenvalue weighted by molar-refractivity contribution is -0.135. The van der Waals surface area contributed by atoms with Gasteiger partial charge in [-0.1, -0.05) is 48.5 Å². The molecular formula is C22H27ClN2O2. The van der Waals surface area contributed by atoms with E-state index in [0.29, 0.717) is 5.41 Å². The van der Waals surface area contributed by atoms with Crippen LogP contribution in [0.4, 0.5) is 0 Å². The predicted octanol–water partition coefficient (Wildman–Crippen LogP) is 3.76. The summed E-state index contributed by atoms with van der Waals surface area (Å²) in [6, 6.07) is 18.1. The van der Waals surface area contributed by atoms with E-state index in [-0.39, 0.29) is 24.9 Å².